The van der Waals surface area contributed by atoms with Gasteiger partial charge in [-0.2, -0.15) is 0 Å². The second-order valence-electron chi connectivity index (χ2n) is 6.39. The van der Waals surface area contributed by atoms with E-state index in [0.29, 0.717) is 0 Å². The number of thiophene rings is 1. The van der Waals surface area contributed by atoms with E-state index in [0.717, 1.165) is 30.5 Å². The second-order valence-corrected chi connectivity index (χ2v) is 8.94. The Labute approximate surface area is 127 Å². The van der Waals surface area contributed by atoms with Crippen LogP contribution in [0.4, 0.5) is 0 Å². The fraction of sp³-hybridized carbons (Fsp3) is 0.733. The van der Waals surface area contributed by atoms with Crippen molar-refractivity contribution in [1.82, 2.24) is 10.2 Å². The van der Waals surface area contributed by atoms with Crippen molar-refractivity contribution in [3.05, 3.63) is 20.8 Å². The van der Waals surface area contributed by atoms with Gasteiger partial charge in [0, 0.05) is 36.6 Å². The lowest BCUT2D eigenvalue weighted by Gasteiger charge is -2.41. The summed E-state index contributed by atoms with van der Waals surface area (Å²) in [6, 6.07) is 6.02. The summed E-state index contributed by atoms with van der Waals surface area (Å²) in [5, 5.41) is 3.83. The molecule has 19 heavy (non-hydrogen) atoms. The maximum Gasteiger partial charge on any atom is 0.0701 e. The van der Waals surface area contributed by atoms with Crippen LogP contribution in [-0.4, -0.2) is 30.1 Å². The summed E-state index contributed by atoms with van der Waals surface area (Å²) in [5.74, 6) is 1.94. The molecule has 1 aromatic rings. The third kappa shape index (κ3) is 2.92. The zero-order valence-electron chi connectivity index (χ0n) is 11.1. The number of halogens is 1. The number of hydrogen-bond donors (Lipinski definition) is 1. The molecule has 2 aliphatic carbocycles. The van der Waals surface area contributed by atoms with Crippen LogP contribution in [0.2, 0.25) is 0 Å². The first kappa shape index (κ1) is 12.8. The zero-order valence-corrected chi connectivity index (χ0v) is 13.5. The van der Waals surface area contributed by atoms with Gasteiger partial charge in [-0.25, -0.2) is 0 Å². The van der Waals surface area contributed by atoms with Crippen LogP contribution in [0.1, 0.15) is 30.6 Å². The molecule has 1 N–H and O–H groups in total. The van der Waals surface area contributed by atoms with Crippen molar-refractivity contribution in [2.45, 2.75) is 44.3 Å². The van der Waals surface area contributed by atoms with Crippen molar-refractivity contribution >= 4 is 27.3 Å². The van der Waals surface area contributed by atoms with Crippen molar-refractivity contribution < 1.29 is 0 Å². The van der Waals surface area contributed by atoms with Gasteiger partial charge in [0.25, 0.3) is 0 Å². The molecule has 1 aliphatic heterocycles. The SMILES string of the molecule is Brc1ccc(CN2CC(C3CC3)NCC2C2CC2)s1. The molecular formula is C15H21BrN2S. The Hall–Kier alpha value is 0.1000. The molecular weight excluding hydrogens is 320 g/mol. The fourth-order valence-corrected chi connectivity index (χ4v) is 4.94. The van der Waals surface area contributed by atoms with Crippen LogP contribution in [-0.2, 0) is 6.54 Å². The number of nitrogens with one attached hydrogen (secondary N) is 1. The third-order valence-corrected chi connectivity index (χ3v) is 6.44. The molecule has 3 fully saturated rings. The van der Waals surface area contributed by atoms with E-state index in [2.05, 4.69) is 38.3 Å². The molecule has 4 rings (SSSR count). The van der Waals surface area contributed by atoms with Crippen LogP contribution < -0.4 is 5.32 Å². The first-order valence-electron chi connectivity index (χ1n) is 7.51. The van der Waals surface area contributed by atoms with Gasteiger partial charge in [-0.15, -0.1) is 11.3 Å². The minimum absolute atomic E-state index is 0.762. The molecule has 2 unspecified atom stereocenters. The van der Waals surface area contributed by atoms with Gasteiger partial charge in [-0.05, 0) is 65.6 Å². The van der Waals surface area contributed by atoms with Crippen molar-refractivity contribution in [2.75, 3.05) is 13.1 Å². The van der Waals surface area contributed by atoms with Crippen LogP contribution in [0, 0.1) is 11.8 Å². The molecule has 3 aliphatic rings. The van der Waals surface area contributed by atoms with Crippen LogP contribution in [0.25, 0.3) is 0 Å². The first-order valence-corrected chi connectivity index (χ1v) is 9.12. The van der Waals surface area contributed by atoms with Gasteiger partial charge in [-0.1, -0.05) is 0 Å². The van der Waals surface area contributed by atoms with Crippen molar-refractivity contribution in [3.63, 3.8) is 0 Å². The van der Waals surface area contributed by atoms with E-state index >= 15 is 0 Å². The monoisotopic (exact) mass is 340 g/mol. The van der Waals surface area contributed by atoms with E-state index in [4.69, 9.17) is 0 Å². The lowest BCUT2D eigenvalue weighted by Crippen LogP contribution is -2.57. The Morgan fingerprint density at radius 1 is 1.21 bits per heavy atom. The third-order valence-electron chi connectivity index (χ3n) is 4.83. The van der Waals surface area contributed by atoms with Gasteiger partial charge in [0.2, 0.25) is 0 Å². The summed E-state index contributed by atoms with van der Waals surface area (Å²) in [7, 11) is 0. The number of rotatable bonds is 4. The van der Waals surface area contributed by atoms with Crippen LogP contribution in [0.3, 0.4) is 0 Å². The molecule has 1 aromatic heterocycles. The van der Waals surface area contributed by atoms with Crippen LogP contribution in [0.5, 0.6) is 0 Å². The molecule has 0 aromatic carbocycles. The summed E-state index contributed by atoms with van der Waals surface area (Å²) in [6.07, 6.45) is 5.80. The Balaban J connectivity index is 1.47. The number of hydrogen-bond acceptors (Lipinski definition) is 3. The Bertz CT molecular complexity index is 453. The molecule has 2 atom stereocenters. The van der Waals surface area contributed by atoms with Gasteiger partial charge in [-0.3, -0.25) is 4.90 Å². The molecule has 0 spiro atoms. The zero-order chi connectivity index (χ0) is 12.8. The molecule has 0 radical (unpaired) electrons. The molecule has 1 saturated heterocycles. The number of piperazine rings is 1. The van der Waals surface area contributed by atoms with Crippen molar-refractivity contribution in [1.29, 1.82) is 0 Å². The average molecular weight is 341 g/mol. The predicted molar refractivity (Wildman–Crippen MR) is 83.5 cm³/mol. The smallest absolute Gasteiger partial charge is 0.0701 e. The van der Waals surface area contributed by atoms with Crippen LogP contribution in [0.15, 0.2) is 15.9 Å². The van der Waals surface area contributed by atoms with E-state index in [1.54, 1.807) is 0 Å². The molecule has 2 heterocycles. The molecule has 0 amide bonds. The maximum atomic E-state index is 3.83. The summed E-state index contributed by atoms with van der Waals surface area (Å²) >= 11 is 5.48. The predicted octanol–water partition coefficient (Wildman–Crippen LogP) is 3.47. The number of nitrogens with zero attached hydrogens (tertiary/aromatic N) is 1. The standard InChI is InChI=1S/C15H21BrN2S/c16-15-6-5-12(19-15)8-18-9-13(10-1-2-10)17-7-14(18)11-3-4-11/h5-6,10-11,13-14,17H,1-4,7-9H2. The Morgan fingerprint density at radius 3 is 2.63 bits per heavy atom. The van der Waals surface area contributed by atoms with E-state index in [1.807, 2.05) is 11.3 Å². The summed E-state index contributed by atoms with van der Waals surface area (Å²) in [6.45, 7) is 3.64. The van der Waals surface area contributed by atoms with Crippen molar-refractivity contribution in [3.8, 4) is 0 Å². The maximum absolute atomic E-state index is 3.83. The topological polar surface area (TPSA) is 15.3 Å². The van der Waals surface area contributed by atoms with E-state index in [9.17, 15) is 0 Å². The lowest BCUT2D eigenvalue weighted by molar-refractivity contribution is 0.101. The molecule has 2 saturated carbocycles. The van der Waals surface area contributed by atoms with E-state index < -0.39 is 0 Å². The quantitative estimate of drug-likeness (QED) is 0.902. The summed E-state index contributed by atoms with van der Waals surface area (Å²) in [4.78, 5) is 4.28. The summed E-state index contributed by atoms with van der Waals surface area (Å²) in [5.41, 5.74) is 0. The summed E-state index contributed by atoms with van der Waals surface area (Å²) < 4.78 is 1.26. The average Bonchev–Trinajstić information content (AvgIpc) is 3.29. The largest absolute Gasteiger partial charge is 0.311 e. The van der Waals surface area contributed by atoms with E-state index in [-0.39, 0.29) is 0 Å². The fourth-order valence-electron chi connectivity index (χ4n) is 3.43. The minimum atomic E-state index is 0.762. The Morgan fingerprint density at radius 2 is 2.00 bits per heavy atom. The lowest BCUT2D eigenvalue weighted by atomic mass is 10.0. The molecule has 0 bridgehead atoms. The van der Waals surface area contributed by atoms with Gasteiger partial charge in [0.15, 0.2) is 0 Å². The van der Waals surface area contributed by atoms with E-state index in [1.165, 1.54) is 47.4 Å². The highest BCUT2D eigenvalue weighted by Gasteiger charge is 2.42. The molecule has 104 valence electrons. The van der Waals surface area contributed by atoms with Crippen molar-refractivity contribution in [2.24, 2.45) is 11.8 Å². The normalized spacial score (nSPS) is 32.7. The highest BCUT2D eigenvalue weighted by atomic mass is 79.9. The highest BCUT2D eigenvalue weighted by molar-refractivity contribution is 9.11. The first-order chi connectivity index (χ1) is 9.29. The molecule has 2 nitrogen and oxygen atoms in total. The van der Waals surface area contributed by atoms with Gasteiger partial charge in [0.1, 0.15) is 0 Å². The highest BCUT2D eigenvalue weighted by Crippen LogP contribution is 2.40. The van der Waals surface area contributed by atoms with Gasteiger partial charge < -0.3 is 5.32 Å². The van der Waals surface area contributed by atoms with Crippen LogP contribution >= 0.6 is 27.3 Å². The minimum Gasteiger partial charge on any atom is -0.311 e. The van der Waals surface area contributed by atoms with Gasteiger partial charge in [0.05, 0.1) is 3.79 Å². The second kappa shape index (κ2) is 5.14. The Kier molecular flexibility index (Phi) is 3.46. The molecule has 4 heteroatoms. The van der Waals surface area contributed by atoms with Gasteiger partial charge >= 0.3 is 0 Å².